The maximum Gasteiger partial charge on any atom is 0.242 e. The summed E-state index contributed by atoms with van der Waals surface area (Å²) < 4.78 is 0. The second-order valence-corrected chi connectivity index (χ2v) is 7.64. The van der Waals surface area contributed by atoms with Crippen LogP contribution in [0, 0.1) is 6.92 Å². The molecule has 2 aromatic heterocycles. The molecule has 1 aromatic carbocycles. The third-order valence-electron chi connectivity index (χ3n) is 4.55. The minimum Gasteiger partial charge on any atom is -0.355 e. The Morgan fingerprint density at radius 1 is 1.26 bits per heavy atom. The molecule has 0 aliphatic carbocycles. The van der Waals surface area contributed by atoms with Crippen LogP contribution in [0.5, 0.6) is 0 Å². The van der Waals surface area contributed by atoms with Crippen molar-refractivity contribution in [1.82, 2.24) is 15.6 Å². The van der Waals surface area contributed by atoms with Gasteiger partial charge in [-0.2, -0.15) is 0 Å². The number of thiophene rings is 1. The highest BCUT2D eigenvalue weighted by molar-refractivity contribution is 7.13. The number of nitrogens with one attached hydrogen (secondary N) is 3. The number of likely N-dealkylation sites (N-methyl/N-ethyl adjacent to an activating group) is 1. The Balaban J connectivity index is 1.79. The molecule has 6 heteroatoms. The van der Waals surface area contributed by atoms with Gasteiger partial charge in [0.25, 0.3) is 0 Å². The molecule has 0 bridgehead atoms. The minimum absolute atomic E-state index is 0.118. The molecule has 0 saturated heterocycles. The summed E-state index contributed by atoms with van der Waals surface area (Å²) in [5.41, 5.74) is 4.50. The summed E-state index contributed by atoms with van der Waals surface area (Å²) in [6, 6.07) is 9.92. The van der Waals surface area contributed by atoms with Gasteiger partial charge in [-0.3, -0.25) is 9.59 Å². The molecule has 0 aliphatic rings. The van der Waals surface area contributed by atoms with E-state index in [9.17, 15) is 9.59 Å². The van der Waals surface area contributed by atoms with Gasteiger partial charge >= 0.3 is 0 Å². The highest BCUT2D eigenvalue weighted by Crippen LogP contribution is 2.34. The van der Waals surface area contributed by atoms with Gasteiger partial charge in [0.1, 0.15) is 6.04 Å². The molecule has 27 heavy (non-hydrogen) atoms. The van der Waals surface area contributed by atoms with Crippen LogP contribution >= 0.6 is 11.3 Å². The lowest BCUT2D eigenvalue weighted by molar-refractivity contribution is -0.128. The summed E-state index contributed by atoms with van der Waals surface area (Å²) in [6.45, 7) is 6.19. The molecule has 2 amide bonds. The normalized spacial score (nSPS) is 12.1. The zero-order chi connectivity index (χ0) is 19.4. The van der Waals surface area contributed by atoms with E-state index in [1.807, 2.05) is 13.0 Å². The maximum absolute atomic E-state index is 12.4. The third-order valence-corrected chi connectivity index (χ3v) is 5.44. The fourth-order valence-corrected chi connectivity index (χ4v) is 3.95. The monoisotopic (exact) mass is 383 g/mol. The van der Waals surface area contributed by atoms with Gasteiger partial charge in [0, 0.05) is 23.9 Å². The standard InChI is InChI=1S/C21H25N3O2S/c1-4-22-21(26)14(3)23-19(25)10-8-15-16-12-13(2)7-9-17(16)24-20(15)18-6-5-11-27-18/h5-7,9,11-12,14,24H,4,8,10H2,1-3H3,(H,22,26)(H,23,25)/t14-/m1/s1. The zero-order valence-corrected chi connectivity index (χ0v) is 16.7. The number of rotatable bonds is 7. The van der Waals surface area contributed by atoms with Crippen molar-refractivity contribution in [1.29, 1.82) is 0 Å². The number of carbonyl (C=O) groups excluding carboxylic acids is 2. The van der Waals surface area contributed by atoms with E-state index in [2.05, 4.69) is 52.2 Å². The number of amides is 2. The molecule has 5 nitrogen and oxygen atoms in total. The second kappa shape index (κ2) is 8.39. The lowest BCUT2D eigenvalue weighted by Gasteiger charge is -2.13. The number of hydrogen-bond acceptors (Lipinski definition) is 3. The highest BCUT2D eigenvalue weighted by Gasteiger charge is 2.18. The van der Waals surface area contributed by atoms with E-state index in [0.717, 1.165) is 27.0 Å². The first-order valence-electron chi connectivity index (χ1n) is 9.21. The fraction of sp³-hybridized carbons (Fsp3) is 0.333. The molecular weight excluding hydrogens is 358 g/mol. The van der Waals surface area contributed by atoms with E-state index < -0.39 is 6.04 Å². The van der Waals surface area contributed by atoms with Crippen molar-refractivity contribution in [2.75, 3.05) is 6.54 Å². The Hall–Kier alpha value is -2.60. The number of carbonyl (C=O) groups is 2. The van der Waals surface area contributed by atoms with Crippen molar-refractivity contribution in [3.63, 3.8) is 0 Å². The average Bonchev–Trinajstić information content (AvgIpc) is 3.27. The first-order chi connectivity index (χ1) is 13.0. The van der Waals surface area contributed by atoms with Gasteiger partial charge in [-0.1, -0.05) is 17.7 Å². The van der Waals surface area contributed by atoms with Gasteiger partial charge in [-0.05, 0) is 56.3 Å². The number of aryl methyl sites for hydroxylation is 2. The number of aromatic amines is 1. The minimum atomic E-state index is -0.528. The average molecular weight is 384 g/mol. The van der Waals surface area contributed by atoms with E-state index >= 15 is 0 Å². The zero-order valence-electron chi connectivity index (χ0n) is 15.9. The maximum atomic E-state index is 12.4. The summed E-state index contributed by atoms with van der Waals surface area (Å²) in [6.07, 6.45) is 0.952. The van der Waals surface area contributed by atoms with Crippen molar-refractivity contribution < 1.29 is 9.59 Å². The fourth-order valence-electron chi connectivity index (χ4n) is 3.20. The molecule has 0 spiro atoms. The number of aromatic nitrogens is 1. The number of fused-ring (bicyclic) bond motifs is 1. The van der Waals surface area contributed by atoms with Gasteiger partial charge in [0.2, 0.25) is 11.8 Å². The van der Waals surface area contributed by atoms with E-state index in [1.165, 1.54) is 5.56 Å². The summed E-state index contributed by atoms with van der Waals surface area (Å²) in [5.74, 6) is -0.277. The molecule has 0 fully saturated rings. The van der Waals surface area contributed by atoms with Crippen LogP contribution in [-0.2, 0) is 16.0 Å². The quantitative estimate of drug-likeness (QED) is 0.581. The van der Waals surface area contributed by atoms with Crippen LogP contribution in [0.2, 0.25) is 0 Å². The molecule has 0 unspecified atom stereocenters. The summed E-state index contributed by atoms with van der Waals surface area (Å²) in [4.78, 5) is 28.8. The molecular formula is C21H25N3O2S. The Labute approximate surface area is 163 Å². The van der Waals surface area contributed by atoms with E-state index in [4.69, 9.17) is 0 Å². The number of hydrogen-bond donors (Lipinski definition) is 3. The van der Waals surface area contributed by atoms with Crippen molar-refractivity contribution in [3.8, 4) is 10.6 Å². The molecule has 3 N–H and O–H groups in total. The Bertz CT molecular complexity index is 944. The Kier molecular flexibility index (Phi) is 5.96. The van der Waals surface area contributed by atoms with Crippen molar-refractivity contribution in [2.24, 2.45) is 0 Å². The summed E-state index contributed by atoms with van der Waals surface area (Å²) in [5, 5.41) is 8.71. The van der Waals surface area contributed by atoms with Crippen LogP contribution in [0.3, 0.4) is 0 Å². The molecule has 0 saturated carbocycles. The van der Waals surface area contributed by atoms with Crippen LogP contribution in [-0.4, -0.2) is 29.4 Å². The SMILES string of the molecule is CCNC(=O)[C@@H](C)NC(=O)CCc1c(-c2cccs2)[nH]c2ccc(C)cc12. The smallest absolute Gasteiger partial charge is 0.242 e. The largest absolute Gasteiger partial charge is 0.355 e. The molecule has 0 aliphatic heterocycles. The Morgan fingerprint density at radius 3 is 2.78 bits per heavy atom. The predicted molar refractivity (Wildman–Crippen MR) is 111 cm³/mol. The van der Waals surface area contributed by atoms with Gasteiger partial charge in [-0.15, -0.1) is 11.3 Å². The van der Waals surface area contributed by atoms with Gasteiger partial charge in [0.15, 0.2) is 0 Å². The molecule has 3 aromatic rings. The number of H-pyrrole nitrogens is 1. The molecule has 1 atom stereocenters. The van der Waals surface area contributed by atoms with Gasteiger partial charge in [0.05, 0.1) is 10.6 Å². The van der Waals surface area contributed by atoms with E-state index in [1.54, 1.807) is 18.3 Å². The van der Waals surface area contributed by atoms with E-state index in [0.29, 0.717) is 19.4 Å². The number of benzene rings is 1. The van der Waals surface area contributed by atoms with Crippen LogP contribution in [0.25, 0.3) is 21.5 Å². The van der Waals surface area contributed by atoms with Crippen molar-refractivity contribution in [2.45, 2.75) is 39.7 Å². The van der Waals surface area contributed by atoms with Crippen LogP contribution in [0.15, 0.2) is 35.7 Å². The van der Waals surface area contributed by atoms with E-state index in [-0.39, 0.29) is 11.8 Å². The highest BCUT2D eigenvalue weighted by atomic mass is 32.1. The lowest BCUT2D eigenvalue weighted by atomic mass is 10.0. The van der Waals surface area contributed by atoms with Crippen molar-refractivity contribution in [3.05, 3.63) is 46.8 Å². The lowest BCUT2D eigenvalue weighted by Crippen LogP contribution is -2.44. The molecule has 142 valence electrons. The molecule has 0 radical (unpaired) electrons. The first-order valence-corrected chi connectivity index (χ1v) is 10.1. The second-order valence-electron chi connectivity index (χ2n) is 6.69. The predicted octanol–water partition coefficient (Wildman–Crippen LogP) is 3.78. The Morgan fingerprint density at radius 2 is 2.07 bits per heavy atom. The molecule has 2 heterocycles. The van der Waals surface area contributed by atoms with Crippen LogP contribution in [0.4, 0.5) is 0 Å². The molecule has 3 rings (SSSR count). The third kappa shape index (κ3) is 4.39. The van der Waals surface area contributed by atoms with Crippen molar-refractivity contribution >= 4 is 34.1 Å². The summed E-state index contributed by atoms with van der Waals surface area (Å²) >= 11 is 1.68. The first kappa shape index (κ1) is 19.2. The van der Waals surface area contributed by atoms with Gasteiger partial charge < -0.3 is 15.6 Å². The van der Waals surface area contributed by atoms with Crippen LogP contribution in [0.1, 0.15) is 31.4 Å². The topological polar surface area (TPSA) is 74.0 Å². The summed E-state index contributed by atoms with van der Waals surface area (Å²) in [7, 11) is 0. The van der Waals surface area contributed by atoms with Crippen LogP contribution < -0.4 is 10.6 Å². The van der Waals surface area contributed by atoms with Gasteiger partial charge in [-0.25, -0.2) is 0 Å².